The topological polar surface area (TPSA) is 71.4 Å². The summed E-state index contributed by atoms with van der Waals surface area (Å²) in [6, 6.07) is 8.80. The minimum atomic E-state index is -3.67. The van der Waals surface area contributed by atoms with Crippen molar-refractivity contribution >= 4 is 15.8 Å². The fraction of sp³-hybridized carbons (Fsp3) is 0.417. The zero-order valence-electron chi connectivity index (χ0n) is 10.0. The molecule has 94 valence electrons. The van der Waals surface area contributed by atoms with Crippen LogP contribution in [0.15, 0.2) is 30.3 Å². The van der Waals surface area contributed by atoms with Gasteiger partial charge in [-0.2, -0.15) is 0 Å². The Labute approximate surface area is 101 Å². The molecule has 0 fully saturated rings. The second-order valence-electron chi connectivity index (χ2n) is 4.64. The molecule has 0 bridgehead atoms. The molecule has 1 aromatic carbocycles. The normalized spacial score (nSPS) is 14.3. The molecule has 1 atom stereocenters. The molecule has 0 aliphatic heterocycles. The maximum Gasteiger partial charge on any atom is 0.322 e. The number of carbonyl (C=O) groups is 1. The second-order valence-corrected chi connectivity index (χ2v) is 6.77. The fourth-order valence-corrected chi connectivity index (χ4v) is 3.62. The van der Waals surface area contributed by atoms with Crippen molar-refractivity contribution in [2.45, 2.75) is 24.5 Å². The largest absolute Gasteiger partial charge is 0.480 e. The van der Waals surface area contributed by atoms with Gasteiger partial charge >= 0.3 is 5.97 Å². The molecule has 0 heterocycles. The SMILES string of the molecule is CC(C)(c1ccccc1)C(C(=O)O)S(C)(=O)=O. The van der Waals surface area contributed by atoms with Crippen LogP contribution in [0.25, 0.3) is 0 Å². The summed E-state index contributed by atoms with van der Waals surface area (Å²) in [5.41, 5.74) is -0.279. The van der Waals surface area contributed by atoms with Crippen molar-refractivity contribution in [1.29, 1.82) is 0 Å². The summed E-state index contributed by atoms with van der Waals surface area (Å²) in [4.78, 5) is 11.2. The van der Waals surface area contributed by atoms with Crippen LogP contribution in [0.5, 0.6) is 0 Å². The molecule has 0 aliphatic rings. The van der Waals surface area contributed by atoms with Gasteiger partial charge in [0.1, 0.15) is 0 Å². The highest BCUT2D eigenvalue weighted by atomic mass is 32.2. The van der Waals surface area contributed by atoms with Crippen LogP contribution in [0.1, 0.15) is 19.4 Å². The molecular weight excluding hydrogens is 240 g/mol. The van der Waals surface area contributed by atoms with Gasteiger partial charge in [0.25, 0.3) is 0 Å². The number of carboxylic acid groups (broad SMARTS) is 1. The smallest absolute Gasteiger partial charge is 0.322 e. The van der Waals surface area contributed by atoms with Crippen LogP contribution in [-0.4, -0.2) is 31.0 Å². The third kappa shape index (κ3) is 2.85. The Morgan fingerprint density at radius 1 is 1.24 bits per heavy atom. The van der Waals surface area contributed by atoms with Crippen LogP contribution in [-0.2, 0) is 20.0 Å². The molecule has 5 heteroatoms. The van der Waals surface area contributed by atoms with Crippen molar-refractivity contribution in [3.63, 3.8) is 0 Å². The maximum absolute atomic E-state index is 11.6. The van der Waals surface area contributed by atoms with E-state index in [4.69, 9.17) is 5.11 Å². The minimum absolute atomic E-state index is 0.692. The lowest BCUT2D eigenvalue weighted by atomic mass is 9.81. The van der Waals surface area contributed by atoms with Gasteiger partial charge in [-0.05, 0) is 5.56 Å². The Bertz CT molecular complexity index is 503. The van der Waals surface area contributed by atoms with Crippen LogP contribution in [0, 0.1) is 0 Å². The molecule has 17 heavy (non-hydrogen) atoms. The maximum atomic E-state index is 11.6. The van der Waals surface area contributed by atoms with Gasteiger partial charge in [-0.3, -0.25) is 4.79 Å². The Balaban J connectivity index is 3.33. The Morgan fingerprint density at radius 3 is 2.06 bits per heavy atom. The molecule has 0 aromatic heterocycles. The van der Waals surface area contributed by atoms with Gasteiger partial charge in [0, 0.05) is 11.7 Å². The first-order valence-electron chi connectivity index (χ1n) is 5.14. The third-order valence-electron chi connectivity index (χ3n) is 2.83. The number of sulfone groups is 1. The molecule has 0 spiro atoms. The van der Waals surface area contributed by atoms with E-state index in [1.54, 1.807) is 44.2 Å². The average molecular weight is 256 g/mol. The van der Waals surface area contributed by atoms with E-state index >= 15 is 0 Å². The van der Waals surface area contributed by atoms with Crippen molar-refractivity contribution < 1.29 is 18.3 Å². The molecule has 0 saturated heterocycles. The van der Waals surface area contributed by atoms with Crippen molar-refractivity contribution in [1.82, 2.24) is 0 Å². The number of hydrogen-bond donors (Lipinski definition) is 1. The van der Waals surface area contributed by atoms with E-state index in [-0.39, 0.29) is 0 Å². The Kier molecular flexibility index (Phi) is 3.62. The second kappa shape index (κ2) is 4.49. The van der Waals surface area contributed by atoms with Gasteiger partial charge in [-0.25, -0.2) is 8.42 Å². The summed E-state index contributed by atoms with van der Waals surface area (Å²) >= 11 is 0. The van der Waals surface area contributed by atoms with Crippen molar-refractivity contribution in [2.24, 2.45) is 0 Å². The van der Waals surface area contributed by atoms with E-state index in [1.807, 2.05) is 0 Å². The van der Waals surface area contributed by atoms with Gasteiger partial charge in [0.2, 0.25) is 0 Å². The highest BCUT2D eigenvalue weighted by molar-refractivity contribution is 7.92. The van der Waals surface area contributed by atoms with Crippen molar-refractivity contribution in [3.8, 4) is 0 Å². The molecule has 1 N–H and O–H groups in total. The first-order chi connectivity index (χ1) is 7.67. The molecule has 0 radical (unpaired) electrons. The number of carboxylic acids is 1. The molecular formula is C12H16O4S. The average Bonchev–Trinajstić information content (AvgIpc) is 2.15. The number of aliphatic carboxylic acids is 1. The van der Waals surface area contributed by atoms with E-state index in [0.29, 0.717) is 5.56 Å². The lowest BCUT2D eigenvalue weighted by Gasteiger charge is -2.30. The van der Waals surface area contributed by atoms with E-state index in [1.165, 1.54) is 0 Å². The number of benzene rings is 1. The highest BCUT2D eigenvalue weighted by Crippen LogP contribution is 2.31. The molecule has 1 aromatic rings. The summed E-state index contributed by atoms with van der Waals surface area (Å²) < 4.78 is 23.2. The minimum Gasteiger partial charge on any atom is -0.480 e. The van der Waals surface area contributed by atoms with Gasteiger partial charge in [-0.1, -0.05) is 44.2 Å². The van der Waals surface area contributed by atoms with E-state index < -0.39 is 26.5 Å². The lowest BCUT2D eigenvalue weighted by molar-refractivity contribution is -0.137. The van der Waals surface area contributed by atoms with Gasteiger partial charge in [0.15, 0.2) is 15.1 Å². The zero-order chi connectivity index (χ0) is 13.3. The molecule has 0 saturated carbocycles. The van der Waals surface area contributed by atoms with Crippen LogP contribution in [0.3, 0.4) is 0 Å². The Hall–Kier alpha value is -1.36. The highest BCUT2D eigenvalue weighted by Gasteiger charge is 2.43. The van der Waals surface area contributed by atoms with E-state index in [0.717, 1.165) is 6.26 Å². The van der Waals surface area contributed by atoms with E-state index in [2.05, 4.69) is 0 Å². The van der Waals surface area contributed by atoms with Crippen LogP contribution in [0.4, 0.5) is 0 Å². The fourth-order valence-electron chi connectivity index (χ4n) is 2.05. The molecule has 0 aliphatic carbocycles. The Morgan fingerprint density at radius 2 is 1.71 bits per heavy atom. The quantitative estimate of drug-likeness (QED) is 0.885. The predicted molar refractivity (Wildman–Crippen MR) is 65.7 cm³/mol. The predicted octanol–water partition coefficient (Wildman–Crippen LogP) is 1.46. The summed E-state index contributed by atoms with van der Waals surface area (Å²) in [5, 5.41) is 7.68. The lowest BCUT2D eigenvalue weighted by Crippen LogP contribution is -2.45. The third-order valence-corrected chi connectivity index (χ3v) is 4.47. The molecule has 0 amide bonds. The van der Waals surface area contributed by atoms with Crippen molar-refractivity contribution in [2.75, 3.05) is 6.26 Å². The summed E-state index contributed by atoms with van der Waals surface area (Å²) in [6.45, 7) is 3.25. The van der Waals surface area contributed by atoms with Crippen LogP contribution >= 0.6 is 0 Å². The summed E-state index contributed by atoms with van der Waals surface area (Å²) in [7, 11) is -3.67. The summed E-state index contributed by atoms with van der Waals surface area (Å²) in [5.74, 6) is -1.32. The summed E-state index contributed by atoms with van der Waals surface area (Å²) in [6.07, 6.45) is 0.955. The first-order valence-corrected chi connectivity index (χ1v) is 7.10. The van der Waals surface area contributed by atoms with Crippen LogP contribution in [0.2, 0.25) is 0 Å². The first kappa shape index (κ1) is 13.7. The molecule has 1 rings (SSSR count). The zero-order valence-corrected chi connectivity index (χ0v) is 10.9. The standard InChI is InChI=1S/C12H16O4S/c1-12(2,9-7-5-4-6-8-9)10(11(13)14)17(3,15)16/h4-8,10H,1-3H3,(H,13,14). The number of rotatable bonds is 4. The monoisotopic (exact) mass is 256 g/mol. The molecule has 1 unspecified atom stereocenters. The number of hydrogen-bond acceptors (Lipinski definition) is 3. The van der Waals surface area contributed by atoms with Gasteiger partial charge in [-0.15, -0.1) is 0 Å². The van der Waals surface area contributed by atoms with Crippen LogP contribution < -0.4 is 0 Å². The van der Waals surface area contributed by atoms with Gasteiger partial charge < -0.3 is 5.11 Å². The van der Waals surface area contributed by atoms with Gasteiger partial charge in [0.05, 0.1) is 0 Å². The van der Waals surface area contributed by atoms with Crippen molar-refractivity contribution in [3.05, 3.63) is 35.9 Å². The van der Waals surface area contributed by atoms with E-state index in [9.17, 15) is 13.2 Å². The molecule has 4 nitrogen and oxygen atoms in total.